The van der Waals surface area contributed by atoms with E-state index < -0.39 is 0 Å². The van der Waals surface area contributed by atoms with Gasteiger partial charge in [-0.2, -0.15) is 0 Å². The van der Waals surface area contributed by atoms with E-state index in [0.717, 1.165) is 30.7 Å². The SMILES string of the molecule is C[C@@]12CC3CC(NC(=O)c4ccc(Cl)cc4)(C1)C[C@@](C)(C3)C2. The van der Waals surface area contributed by atoms with E-state index in [0.29, 0.717) is 15.9 Å². The molecule has 4 aliphatic rings. The zero-order valence-electron chi connectivity index (χ0n) is 13.4. The van der Waals surface area contributed by atoms with Crippen molar-refractivity contribution in [2.45, 2.75) is 57.9 Å². The summed E-state index contributed by atoms with van der Waals surface area (Å²) in [5, 5.41) is 4.10. The second-order valence-electron chi connectivity index (χ2n) is 8.87. The van der Waals surface area contributed by atoms with E-state index in [9.17, 15) is 4.79 Å². The molecule has 5 rings (SSSR count). The molecule has 4 saturated carbocycles. The molecule has 1 N–H and O–H groups in total. The van der Waals surface area contributed by atoms with Crippen LogP contribution in [-0.2, 0) is 0 Å². The Morgan fingerprint density at radius 1 is 1.05 bits per heavy atom. The van der Waals surface area contributed by atoms with Crippen molar-refractivity contribution < 1.29 is 4.79 Å². The van der Waals surface area contributed by atoms with Crippen LogP contribution in [0.3, 0.4) is 0 Å². The van der Waals surface area contributed by atoms with Crippen LogP contribution in [-0.4, -0.2) is 11.4 Å². The Hall–Kier alpha value is -1.02. The summed E-state index contributed by atoms with van der Waals surface area (Å²) >= 11 is 5.92. The molecular weight excluding hydrogens is 294 g/mol. The first-order valence-electron chi connectivity index (χ1n) is 8.37. The number of rotatable bonds is 2. The van der Waals surface area contributed by atoms with Gasteiger partial charge in [0.1, 0.15) is 0 Å². The molecule has 3 heteroatoms. The number of nitrogens with one attached hydrogen (secondary N) is 1. The van der Waals surface area contributed by atoms with Crippen LogP contribution in [0, 0.1) is 16.7 Å². The van der Waals surface area contributed by atoms with Crippen LogP contribution in [0.1, 0.15) is 62.7 Å². The average Bonchev–Trinajstić information content (AvgIpc) is 2.34. The molecule has 2 nitrogen and oxygen atoms in total. The van der Waals surface area contributed by atoms with E-state index in [2.05, 4.69) is 19.2 Å². The zero-order valence-corrected chi connectivity index (χ0v) is 14.2. The Balaban J connectivity index is 1.60. The van der Waals surface area contributed by atoms with Gasteiger partial charge in [0, 0.05) is 16.1 Å². The van der Waals surface area contributed by atoms with E-state index >= 15 is 0 Å². The minimum Gasteiger partial charge on any atom is -0.347 e. The summed E-state index contributed by atoms with van der Waals surface area (Å²) in [4.78, 5) is 12.7. The maximum Gasteiger partial charge on any atom is 0.251 e. The molecule has 0 saturated heterocycles. The molecular formula is C19H24ClNO. The van der Waals surface area contributed by atoms with Gasteiger partial charge in [-0.3, -0.25) is 4.79 Å². The molecule has 1 aromatic rings. The van der Waals surface area contributed by atoms with Crippen LogP contribution in [0.4, 0.5) is 0 Å². The van der Waals surface area contributed by atoms with Gasteiger partial charge in [-0.25, -0.2) is 0 Å². The summed E-state index contributed by atoms with van der Waals surface area (Å²) in [6.07, 6.45) is 7.48. The molecule has 118 valence electrons. The third-order valence-electron chi connectivity index (χ3n) is 6.11. The van der Waals surface area contributed by atoms with E-state index in [1.807, 2.05) is 12.1 Å². The lowest BCUT2D eigenvalue weighted by molar-refractivity contribution is -0.114. The van der Waals surface area contributed by atoms with Crippen LogP contribution in [0.15, 0.2) is 24.3 Å². The molecule has 1 amide bonds. The molecule has 0 unspecified atom stereocenters. The Kier molecular flexibility index (Phi) is 2.98. The standard InChI is InChI=1S/C19H24ClNO/c1-17-7-13-8-18(2,10-17)12-19(9-13,11-17)21-16(22)14-3-5-15(20)6-4-14/h3-6,13H,7-12H2,1-2H3,(H,21,22)/t13?,17-,18-,19?/m0/s1. The molecule has 0 radical (unpaired) electrons. The fourth-order valence-electron chi connectivity index (χ4n) is 6.50. The van der Waals surface area contributed by atoms with Crippen LogP contribution in [0.2, 0.25) is 5.02 Å². The number of benzene rings is 1. The van der Waals surface area contributed by atoms with Crippen LogP contribution < -0.4 is 5.32 Å². The van der Waals surface area contributed by atoms with E-state index in [1.54, 1.807) is 12.1 Å². The summed E-state index contributed by atoms with van der Waals surface area (Å²) in [6, 6.07) is 7.22. The lowest BCUT2D eigenvalue weighted by Crippen LogP contribution is -2.65. The van der Waals surface area contributed by atoms with Crippen molar-refractivity contribution in [3.63, 3.8) is 0 Å². The third-order valence-corrected chi connectivity index (χ3v) is 6.36. The van der Waals surface area contributed by atoms with Gasteiger partial charge in [-0.1, -0.05) is 25.4 Å². The summed E-state index contributed by atoms with van der Waals surface area (Å²) < 4.78 is 0. The van der Waals surface area contributed by atoms with Gasteiger partial charge < -0.3 is 5.32 Å². The zero-order chi connectivity index (χ0) is 15.6. The van der Waals surface area contributed by atoms with Crippen LogP contribution in [0.25, 0.3) is 0 Å². The van der Waals surface area contributed by atoms with Crippen LogP contribution >= 0.6 is 11.6 Å². The van der Waals surface area contributed by atoms with Crippen molar-refractivity contribution in [2.24, 2.45) is 16.7 Å². The molecule has 1 aromatic carbocycles. The molecule has 0 spiro atoms. The van der Waals surface area contributed by atoms with E-state index in [1.165, 1.54) is 19.3 Å². The van der Waals surface area contributed by atoms with Crippen molar-refractivity contribution >= 4 is 17.5 Å². The number of halogens is 1. The highest BCUT2D eigenvalue weighted by Crippen LogP contribution is 2.66. The monoisotopic (exact) mass is 317 g/mol. The number of amides is 1. The summed E-state index contributed by atoms with van der Waals surface area (Å²) in [5.74, 6) is 0.850. The lowest BCUT2D eigenvalue weighted by atomic mass is 9.43. The largest absolute Gasteiger partial charge is 0.347 e. The fraction of sp³-hybridized carbons (Fsp3) is 0.632. The number of carbonyl (C=O) groups is 1. The maximum atomic E-state index is 12.7. The first kappa shape index (κ1) is 14.6. The van der Waals surface area contributed by atoms with Gasteiger partial charge in [0.2, 0.25) is 0 Å². The number of hydrogen-bond acceptors (Lipinski definition) is 1. The molecule has 4 bridgehead atoms. The predicted octanol–water partition coefficient (Wildman–Crippen LogP) is 4.82. The van der Waals surface area contributed by atoms with Crippen molar-refractivity contribution in [3.05, 3.63) is 34.9 Å². The third kappa shape index (κ3) is 2.36. The first-order chi connectivity index (χ1) is 10.3. The molecule has 0 heterocycles. The number of hydrogen-bond donors (Lipinski definition) is 1. The normalized spacial score (nSPS) is 42.4. The summed E-state index contributed by atoms with van der Waals surface area (Å²) in [5.41, 5.74) is 1.57. The Labute approximate surface area is 137 Å². The van der Waals surface area contributed by atoms with Crippen molar-refractivity contribution in [2.75, 3.05) is 0 Å². The fourth-order valence-corrected chi connectivity index (χ4v) is 6.63. The van der Waals surface area contributed by atoms with Gasteiger partial charge in [0.25, 0.3) is 5.91 Å². The van der Waals surface area contributed by atoms with Crippen LogP contribution in [0.5, 0.6) is 0 Å². The Bertz CT molecular complexity index is 605. The Morgan fingerprint density at radius 3 is 2.18 bits per heavy atom. The lowest BCUT2D eigenvalue weighted by Gasteiger charge is -2.65. The average molecular weight is 318 g/mol. The Morgan fingerprint density at radius 2 is 1.64 bits per heavy atom. The molecule has 2 atom stereocenters. The second-order valence-corrected chi connectivity index (χ2v) is 9.31. The second kappa shape index (κ2) is 4.50. The van der Waals surface area contributed by atoms with Gasteiger partial charge in [0.15, 0.2) is 0 Å². The van der Waals surface area contributed by atoms with E-state index in [4.69, 9.17) is 11.6 Å². The molecule has 0 aromatic heterocycles. The molecule has 4 fully saturated rings. The highest BCUT2D eigenvalue weighted by atomic mass is 35.5. The van der Waals surface area contributed by atoms with Gasteiger partial charge in [-0.15, -0.1) is 0 Å². The number of carbonyl (C=O) groups excluding carboxylic acids is 1. The van der Waals surface area contributed by atoms with Gasteiger partial charge in [-0.05, 0) is 79.5 Å². The molecule has 22 heavy (non-hydrogen) atoms. The van der Waals surface area contributed by atoms with Gasteiger partial charge >= 0.3 is 0 Å². The summed E-state index contributed by atoms with van der Waals surface area (Å²) in [7, 11) is 0. The minimum atomic E-state index is 0.0135. The topological polar surface area (TPSA) is 29.1 Å². The molecule has 4 aliphatic carbocycles. The highest BCUT2D eigenvalue weighted by Gasteiger charge is 2.60. The summed E-state index contributed by atoms with van der Waals surface area (Å²) in [6.45, 7) is 4.86. The van der Waals surface area contributed by atoms with Crippen molar-refractivity contribution in [1.29, 1.82) is 0 Å². The predicted molar refractivity (Wildman–Crippen MR) is 89.1 cm³/mol. The smallest absolute Gasteiger partial charge is 0.251 e. The van der Waals surface area contributed by atoms with Gasteiger partial charge in [0.05, 0.1) is 0 Å². The quantitative estimate of drug-likeness (QED) is 0.832. The van der Waals surface area contributed by atoms with Crippen molar-refractivity contribution in [1.82, 2.24) is 5.32 Å². The highest BCUT2D eigenvalue weighted by molar-refractivity contribution is 6.30. The minimum absolute atomic E-state index is 0.0135. The van der Waals surface area contributed by atoms with Crippen molar-refractivity contribution in [3.8, 4) is 0 Å². The first-order valence-corrected chi connectivity index (χ1v) is 8.75. The molecule has 0 aliphatic heterocycles. The maximum absolute atomic E-state index is 12.7. The van der Waals surface area contributed by atoms with E-state index in [-0.39, 0.29) is 11.4 Å².